The highest BCUT2D eigenvalue weighted by Crippen LogP contribution is 2.40. The number of nitrogens with zero attached hydrogens (tertiary/aromatic N) is 1. The first-order valence-corrected chi connectivity index (χ1v) is 10.7. The summed E-state index contributed by atoms with van der Waals surface area (Å²) < 4.78 is 35.0. The number of aromatic amines is 1. The third-order valence-corrected chi connectivity index (χ3v) is 5.86. The van der Waals surface area contributed by atoms with Crippen LogP contribution in [-0.2, 0) is 10.1 Å². The van der Waals surface area contributed by atoms with Gasteiger partial charge in [-0.3, -0.25) is 4.79 Å². The third-order valence-electron chi connectivity index (χ3n) is 3.95. The molecule has 0 aliphatic rings. The van der Waals surface area contributed by atoms with Gasteiger partial charge in [-0.2, -0.15) is 8.42 Å². The first-order valence-electron chi connectivity index (χ1n) is 8.34. The Morgan fingerprint density at radius 2 is 2.07 bits per heavy atom. The predicted octanol–water partition coefficient (Wildman–Crippen LogP) is 3.22. The van der Waals surface area contributed by atoms with Gasteiger partial charge in [0, 0.05) is 5.56 Å². The molecule has 28 heavy (non-hydrogen) atoms. The average molecular weight is 468 g/mol. The number of hydrogen-bond donors (Lipinski definition) is 2. The first kappa shape index (κ1) is 20.2. The van der Waals surface area contributed by atoms with Crippen molar-refractivity contribution in [1.82, 2.24) is 9.97 Å². The number of benzene rings is 2. The number of carbonyl (C=O) groups excluding carboxylic acids is 1. The van der Waals surface area contributed by atoms with Gasteiger partial charge in [-0.05, 0) is 46.6 Å². The van der Waals surface area contributed by atoms with Gasteiger partial charge in [0.25, 0.3) is 5.91 Å². The number of nitrogens with one attached hydrogen (secondary N) is 1. The van der Waals surface area contributed by atoms with Crippen LogP contribution in [0.3, 0.4) is 0 Å². The molecule has 1 heterocycles. The fraction of sp³-hybridized carbons (Fsp3) is 0.222. The van der Waals surface area contributed by atoms with Gasteiger partial charge < -0.3 is 19.6 Å². The highest BCUT2D eigenvalue weighted by Gasteiger charge is 2.21. The number of H-pyrrole nitrogens is 1. The Morgan fingerprint density at radius 1 is 1.32 bits per heavy atom. The number of hydrogen-bond acceptors (Lipinski definition) is 6. The first-order chi connectivity index (χ1) is 13.3. The van der Waals surface area contributed by atoms with E-state index in [1.165, 1.54) is 7.11 Å². The molecule has 3 aromatic rings. The van der Waals surface area contributed by atoms with Crippen molar-refractivity contribution in [2.24, 2.45) is 5.73 Å². The molecule has 3 N–H and O–H groups in total. The topological polar surface area (TPSA) is 124 Å². The molecule has 0 aliphatic carbocycles. The maximum atomic E-state index is 12.0. The zero-order valence-corrected chi connectivity index (χ0v) is 17.6. The minimum absolute atomic E-state index is 0.0636. The van der Waals surface area contributed by atoms with E-state index in [0.717, 1.165) is 0 Å². The number of fused-ring (bicyclic) bond motifs is 1. The van der Waals surface area contributed by atoms with Gasteiger partial charge in [0.1, 0.15) is 11.3 Å². The van der Waals surface area contributed by atoms with E-state index in [0.29, 0.717) is 38.9 Å². The third kappa shape index (κ3) is 3.97. The standard InChI is InChI=1S/C18H18BrN3O5S/c1-3-7-28(24,25)27-16-12(19)8-10(9-14(16)26-2)18-21-13-6-4-5-11(17(20)23)15(13)22-18/h4-6,8-9H,3,7H2,1-2H3,(H2,20,23)(H,21,22). The number of aromatic nitrogens is 2. The molecule has 3 rings (SSSR count). The second-order valence-electron chi connectivity index (χ2n) is 5.99. The summed E-state index contributed by atoms with van der Waals surface area (Å²) in [7, 11) is -2.33. The number of ether oxygens (including phenoxy) is 1. The number of para-hydroxylation sites is 1. The van der Waals surface area contributed by atoms with E-state index in [1.807, 2.05) is 0 Å². The van der Waals surface area contributed by atoms with Crippen LogP contribution in [0.15, 0.2) is 34.8 Å². The molecule has 0 aliphatic heterocycles. The summed E-state index contributed by atoms with van der Waals surface area (Å²) in [5, 5.41) is 0. The van der Waals surface area contributed by atoms with E-state index in [1.54, 1.807) is 37.3 Å². The van der Waals surface area contributed by atoms with E-state index in [2.05, 4.69) is 25.9 Å². The molecular weight excluding hydrogens is 450 g/mol. The van der Waals surface area contributed by atoms with Crippen LogP contribution in [0.1, 0.15) is 23.7 Å². The lowest BCUT2D eigenvalue weighted by molar-refractivity contribution is 0.100. The molecule has 0 unspecified atom stereocenters. The van der Waals surface area contributed by atoms with Crippen LogP contribution < -0.4 is 14.7 Å². The van der Waals surface area contributed by atoms with Gasteiger partial charge in [0.05, 0.1) is 28.4 Å². The number of rotatable bonds is 7. The van der Waals surface area contributed by atoms with Crippen molar-refractivity contribution in [3.05, 3.63) is 40.4 Å². The van der Waals surface area contributed by atoms with Crippen molar-refractivity contribution in [1.29, 1.82) is 0 Å². The molecule has 1 aromatic heterocycles. The lowest BCUT2D eigenvalue weighted by atomic mass is 10.2. The van der Waals surface area contributed by atoms with Crippen molar-refractivity contribution < 1.29 is 22.1 Å². The molecule has 148 valence electrons. The lowest BCUT2D eigenvalue weighted by Gasteiger charge is -2.13. The molecule has 0 fully saturated rings. The Labute approximate surface area is 170 Å². The number of carbonyl (C=O) groups is 1. The van der Waals surface area contributed by atoms with Crippen molar-refractivity contribution in [3.8, 4) is 22.9 Å². The van der Waals surface area contributed by atoms with Crippen molar-refractivity contribution >= 4 is 43.0 Å². The Balaban J connectivity index is 2.09. The molecule has 8 nitrogen and oxygen atoms in total. The zero-order valence-electron chi connectivity index (χ0n) is 15.2. The van der Waals surface area contributed by atoms with Crippen LogP contribution in [0.5, 0.6) is 11.5 Å². The van der Waals surface area contributed by atoms with Gasteiger partial charge in [-0.1, -0.05) is 13.0 Å². The number of methoxy groups -OCH3 is 1. The number of primary amides is 1. The highest BCUT2D eigenvalue weighted by molar-refractivity contribution is 9.10. The number of imidazole rings is 1. The molecule has 2 aromatic carbocycles. The van der Waals surface area contributed by atoms with Crippen LogP contribution in [0.25, 0.3) is 22.4 Å². The normalized spacial score (nSPS) is 11.5. The van der Waals surface area contributed by atoms with Crippen LogP contribution in [0.2, 0.25) is 0 Å². The summed E-state index contributed by atoms with van der Waals surface area (Å²) >= 11 is 3.34. The van der Waals surface area contributed by atoms with E-state index >= 15 is 0 Å². The quantitative estimate of drug-likeness (QED) is 0.513. The minimum atomic E-state index is -3.74. The second kappa shape index (κ2) is 7.80. The molecule has 0 saturated heterocycles. The molecule has 0 spiro atoms. The van der Waals surface area contributed by atoms with Crippen LogP contribution in [0.4, 0.5) is 0 Å². The van der Waals surface area contributed by atoms with E-state index in [4.69, 9.17) is 14.7 Å². The van der Waals surface area contributed by atoms with Gasteiger partial charge >= 0.3 is 10.1 Å². The number of amides is 1. The van der Waals surface area contributed by atoms with Crippen molar-refractivity contribution in [2.45, 2.75) is 13.3 Å². The van der Waals surface area contributed by atoms with E-state index in [9.17, 15) is 13.2 Å². The number of nitrogens with two attached hydrogens (primary N) is 1. The summed E-state index contributed by atoms with van der Waals surface area (Å²) in [6.45, 7) is 1.75. The molecule has 0 saturated carbocycles. The van der Waals surface area contributed by atoms with E-state index in [-0.39, 0.29) is 17.3 Å². The second-order valence-corrected chi connectivity index (χ2v) is 8.53. The highest BCUT2D eigenvalue weighted by atomic mass is 79.9. The Morgan fingerprint density at radius 3 is 2.71 bits per heavy atom. The van der Waals surface area contributed by atoms with Crippen LogP contribution in [0, 0.1) is 0 Å². The minimum Gasteiger partial charge on any atom is -0.493 e. The lowest BCUT2D eigenvalue weighted by Crippen LogP contribution is -2.14. The molecule has 0 bridgehead atoms. The summed E-state index contributed by atoms with van der Waals surface area (Å²) in [5.41, 5.74) is 7.41. The molecule has 0 atom stereocenters. The Hall–Kier alpha value is -2.59. The fourth-order valence-electron chi connectivity index (χ4n) is 2.72. The number of halogens is 1. The molecule has 1 amide bonds. The van der Waals surface area contributed by atoms with Crippen LogP contribution in [-0.4, -0.2) is 37.2 Å². The summed E-state index contributed by atoms with van der Waals surface area (Å²) in [6, 6.07) is 8.33. The summed E-state index contributed by atoms with van der Waals surface area (Å²) in [6.07, 6.45) is 0.432. The van der Waals surface area contributed by atoms with Gasteiger partial charge in [0.15, 0.2) is 11.5 Å². The zero-order chi connectivity index (χ0) is 20.5. The van der Waals surface area contributed by atoms with E-state index < -0.39 is 16.0 Å². The monoisotopic (exact) mass is 467 g/mol. The Bertz CT molecular complexity index is 1160. The summed E-state index contributed by atoms with van der Waals surface area (Å²) in [5.74, 6) is 0.0651. The molecular formula is C18H18BrN3O5S. The van der Waals surface area contributed by atoms with Crippen molar-refractivity contribution in [2.75, 3.05) is 12.9 Å². The molecule has 0 radical (unpaired) electrons. The van der Waals surface area contributed by atoms with Gasteiger partial charge in [-0.25, -0.2) is 4.98 Å². The largest absolute Gasteiger partial charge is 0.493 e. The SMILES string of the molecule is CCCS(=O)(=O)Oc1c(Br)cc(-c2nc3c(C(N)=O)cccc3[nH]2)cc1OC. The maximum Gasteiger partial charge on any atom is 0.309 e. The maximum absolute atomic E-state index is 12.0. The van der Waals surface area contributed by atoms with Gasteiger partial charge in [-0.15, -0.1) is 0 Å². The van der Waals surface area contributed by atoms with Crippen molar-refractivity contribution in [3.63, 3.8) is 0 Å². The van der Waals surface area contributed by atoms with Gasteiger partial charge in [0.2, 0.25) is 0 Å². The fourth-order valence-corrected chi connectivity index (χ4v) is 4.36. The predicted molar refractivity (Wildman–Crippen MR) is 109 cm³/mol. The smallest absolute Gasteiger partial charge is 0.309 e. The Kier molecular flexibility index (Phi) is 5.61. The molecule has 10 heteroatoms. The summed E-state index contributed by atoms with van der Waals surface area (Å²) in [4.78, 5) is 19.2. The average Bonchev–Trinajstić information content (AvgIpc) is 3.07. The van der Waals surface area contributed by atoms with Crippen LogP contribution >= 0.6 is 15.9 Å².